The second-order valence-corrected chi connectivity index (χ2v) is 7.65. The maximum atomic E-state index is 6.32. The van der Waals surface area contributed by atoms with E-state index in [4.69, 9.17) is 23.2 Å². The van der Waals surface area contributed by atoms with Crippen molar-refractivity contribution in [1.29, 1.82) is 0 Å². The van der Waals surface area contributed by atoms with Crippen LogP contribution in [0.1, 0.15) is 17.7 Å². The highest BCUT2D eigenvalue weighted by Crippen LogP contribution is 2.38. The summed E-state index contributed by atoms with van der Waals surface area (Å²) in [6.07, 6.45) is 1.84. The third-order valence-electron chi connectivity index (χ3n) is 3.76. The number of benzene rings is 2. The van der Waals surface area contributed by atoms with Crippen LogP contribution in [0.3, 0.4) is 0 Å². The molecule has 1 atom stereocenters. The Bertz CT molecular complexity index is 875. The van der Waals surface area contributed by atoms with E-state index in [1.807, 2.05) is 59.2 Å². The van der Waals surface area contributed by atoms with Gasteiger partial charge >= 0.3 is 0 Å². The third-order valence-corrected chi connectivity index (χ3v) is 5.47. The first-order valence-electron chi connectivity index (χ1n) is 7.81. The summed E-state index contributed by atoms with van der Waals surface area (Å²) in [7, 11) is 0. The van der Waals surface area contributed by atoms with Crippen LogP contribution in [0.15, 0.2) is 66.3 Å². The van der Waals surface area contributed by atoms with Crippen LogP contribution < -0.4 is 0 Å². The van der Waals surface area contributed by atoms with Crippen molar-refractivity contribution in [2.24, 2.45) is 0 Å². The minimum Gasteiger partial charge on any atom is -0.298 e. The van der Waals surface area contributed by atoms with E-state index in [0.29, 0.717) is 11.6 Å². The van der Waals surface area contributed by atoms with Gasteiger partial charge in [0.2, 0.25) is 0 Å². The molecule has 1 unspecified atom stereocenters. The van der Waals surface area contributed by atoms with Gasteiger partial charge in [0.15, 0.2) is 11.0 Å². The summed E-state index contributed by atoms with van der Waals surface area (Å²) in [5.74, 6) is 0.797. The Hall–Kier alpha value is -1.75. The normalized spacial score (nSPS) is 12.1. The van der Waals surface area contributed by atoms with E-state index in [-0.39, 0.29) is 5.25 Å². The predicted molar refractivity (Wildman–Crippen MR) is 106 cm³/mol. The van der Waals surface area contributed by atoms with Gasteiger partial charge in [-0.2, -0.15) is 0 Å². The number of nitrogens with zero attached hydrogens (tertiary/aromatic N) is 3. The van der Waals surface area contributed by atoms with Crippen LogP contribution in [0.2, 0.25) is 10.0 Å². The molecule has 3 aromatic rings. The molecule has 0 radical (unpaired) electrons. The zero-order valence-corrected chi connectivity index (χ0v) is 16.0. The lowest BCUT2D eigenvalue weighted by Crippen LogP contribution is -2.01. The Kier molecular flexibility index (Phi) is 5.84. The number of halogens is 2. The molecule has 0 saturated carbocycles. The average Bonchev–Trinajstić information content (AvgIpc) is 2.99. The van der Waals surface area contributed by atoms with Crippen molar-refractivity contribution in [2.45, 2.75) is 23.9 Å². The fourth-order valence-corrected chi connectivity index (χ4v) is 4.02. The van der Waals surface area contributed by atoms with Gasteiger partial charge in [0.1, 0.15) is 0 Å². The number of rotatable bonds is 6. The summed E-state index contributed by atoms with van der Waals surface area (Å²) in [6.45, 7) is 6.59. The van der Waals surface area contributed by atoms with E-state index in [1.54, 1.807) is 11.8 Å². The van der Waals surface area contributed by atoms with Gasteiger partial charge in [-0.15, -0.1) is 16.8 Å². The number of hydrogen-bond donors (Lipinski definition) is 0. The molecule has 0 spiro atoms. The first-order chi connectivity index (χ1) is 12.1. The van der Waals surface area contributed by atoms with E-state index in [9.17, 15) is 0 Å². The van der Waals surface area contributed by atoms with Gasteiger partial charge in [0.05, 0.1) is 0 Å². The molecule has 1 heterocycles. The quantitative estimate of drug-likeness (QED) is 0.366. The van der Waals surface area contributed by atoms with Crippen LogP contribution in [0.4, 0.5) is 0 Å². The summed E-state index contributed by atoms with van der Waals surface area (Å²) >= 11 is 13.9. The molecule has 128 valence electrons. The fraction of sp³-hybridized carbons (Fsp3) is 0.158. The van der Waals surface area contributed by atoms with Gasteiger partial charge in [-0.25, -0.2) is 0 Å². The van der Waals surface area contributed by atoms with Gasteiger partial charge in [0, 0.05) is 27.4 Å². The summed E-state index contributed by atoms with van der Waals surface area (Å²) in [6, 6.07) is 15.4. The van der Waals surface area contributed by atoms with Crippen LogP contribution >= 0.6 is 35.0 Å². The Morgan fingerprint density at radius 1 is 1.12 bits per heavy atom. The van der Waals surface area contributed by atoms with Crippen molar-refractivity contribution >= 4 is 35.0 Å². The van der Waals surface area contributed by atoms with Crippen molar-refractivity contribution in [3.63, 3.8) is 0 Å². The summed E-state index contributed by atoms with van der Waals surface area (Å²) < 4.78 is 2.05. The van der Waals surface area contributed by atoms with Crippen LogP contribution in [0.25, 0.3) is 11.4 Å². The van der Waals surface area contributed by atoms with E-state index in [2.05, 4.69) is 23.7 Å². The topological polar surface area (TPSA) is 30.7 Å². The van der Waals surface area contributed by atoms with Crippen molar-refractivity contribution in [2.75, 3.05) is 0 Å². The average molecular weight is 390 g/mol. The zero-order chi connectivity index (χ0) is 17.8. The van der Waals surface area contributed by atoms with Crippen LogP contribution in [-0.2, 0) is 6.54 Å². The minimum absolute atomic E-state index is 0.152. The molecule has 1 aromatic heterocycles. The fourth-order valence-electron chi connectivity index (χ4n) is 2.51. The number of allylic oxidation sites excluding steroid dienone is 1. The standard InChI is InChI=1S/C19H17Cl2N3S/c1-3-12-24-18(14-8-10-15(20)11-9-14)22-23-19(24)25-13(2)16-6-4-5-7-17(16)21/h3-11,13H,1,12H2,2H3. The van der Waals surface area contributed by atoms with Crippen LogP contribution in [-0.4, -0.2) is 14.8 Å². The lowest BCUT2D eigenvalue weighted by atomic mass is 10.2. The highest BCUT2D eigenvalue weighted by Gasteiger charge is 2.18. The largest absolute Gasteiger partial charge is 0.298 e. The Labute approximate surface area is 161 Å². The molecule has 6 heteroatoms. The Morgan fingerprint density at radius 2 is 1.84 bits per heavy atom. The lowest BCUT2D eigenvalue weighted by molar-refractivity contribution is 0.729. The predicted octanol–water partition coefficient (Wildman–Crippen LogP) is 6.29. The molecule has 0 fully saturated rings. The number of hydrogen-bond acceptors (Lipinski definition) is 3. The number of thioether (sulfide) groups is 1. The molecule has 0 amide bonds. The van der Waals surface area contributed by atoms with Gasteiger partial charge < -0.3 is 0 Å². The molecule has 0 aliphatic rings. The van der Waals surface area contributed by atoms with E-state index >= 15 is 0 Å². The highest BCUT2D eigenvalue weighted by molar-refractivity contribution is 7.99. The second kappa shape index (κ2) is 8.09. The monoisotopic (exact) mass is 389 g/mol. The lowest BCUT2D eigenvalue weighted by Gasteiger charge is -2.14. The Morgan fingerprint density at radius 3 is 2.52 bits per heavy atom. The van der Waals surface area contributed by atoms with E-state index in [0.717, 1.165) is 27.1 Å². The van der Waals surface area contributed by atoms with Crippen LogP contribution in [0, 0.1) is 0 Å². The molecule has 0 aliphatic carbocycles. The van der Waals surface area contributed by atoms with Crippen molar-refractivity contribution in [3.8, 4) is 11.4 Å². The molecule has 0 saturated heterocycles. The van der Waals surface area contributed by atoms with Gasteiger partial charge in [-0.1, -0.05) is 59.2 Å². The molecule has 0 aliphatic heterocycles. The molecular weight excluding hydrogens is 373 g/mol. The summed E-state index contributed by atoms with van der Waals surface area (Å²) in [5.41, 5.74) is 2.05. The van der Waals surface area contributed by atoms with E-state index < -0.39 is 0 Å². The highest BCUT2D eigenvalue weighted by atomic mass is 35.5. The summed E-state index contributed by atoms with van der Waals surface area (Å²) in [4.78, 5) is 0. The third kappa shape index (κ3) is 4.09. The van der Waals surface area contributed by atoms with Crippen molar-refractivity contribution in [1.82, 2.24) is 14.8 Å². The molecule has 25 heavy (non-hydrogen) atoms. The first-order valence-corrected chi connectivity index (χ1v) is 9.45. The SMILES string of the molecule is C=CCn1c(SC(C)c2ccccc2Cl)nnc1-c1ccc(Cl)cc1. The maximum absolute atomic E-state index is 6.32. The molecule has 0 N–H and O–H groups in total. The Balaban J connectivity index is 1.93. The zero-order valence-electron chi connectivity index (χ0n) is 13.7. The van der Waals surface area contributed by atoms with Crippen molar-refractivity contribution < 1.29 is 0 Å². The van der Waals surface area contributed by atoms with Crippen LogP contribution in [0.5, 0.6) is 0 Å². The second-order valence-electron chi connectivity index (χ2n) is 5.49. The first kappa shape index (κ1) is 18.1. The van der Waals surface area contributed by atoms with E-state index in [1.165, 1.54) is 0 Å². The minimum atomic E-state index is 0.152. The molecule has 2 aromatic carbocycles. The van der Waals surface area contributed by atoms with Crippen molar-refractivity contribution in [3.05, 3.63) is 76.8 Å². The molecule has 3 rings (SSSR count). The summed E-state index contributed by atoms with van der Waals surface area (Å²) in [5, 5.41) is 11.2. The molecular formula is C19H17Cl2N3S. The van der Waals surface area contributed by atoms with Gasteiger partial charge in [0.25, 0.3) is 0 Å². The number of aromatic nitrogens is 3. The molecule has 3 nitrogen and oxygen atoms in total. The maximum Gasteiger partial charge on any atom is 0.192 e. The smallest absolute Gasteiger partial charge is 0.192 e. The van der Waals surface area contributed by atoms with Gasteiger partial charge in [-0.3, -0.25) is 4.57 Å². The molecule has 0 bridgehead atoms. The van der Waals surface area contributed by atoms with Gasteiger partial charge in [-0.05, 0) is 42.8 Å².